The fraction of sp³-hybridized carbons (Fsp3) is 0.0800. The number of ether oxygens (including phenoxy) is 2. The summed E-state index contributed by atoms with van der Waals surface area (Å²) in [6, 6.07) is 19.1. The zero-order valence-corrected chi connectivity index (χ0v) is 17.4. The molecule has 0 heterocycles. The third kappa shape index (κ3) is 5.37. The molecular weight excluding hydrogens is 411 g/mol. The topological polar surface area (TPSA) is 88.4 Å². The maximum atomic E-state index is 14.0. The van der Waals surface area contributed by atoms with Crippen molar-refractivity contribution in [3.05, 3.63) is 89.2 Å². The molecule has 0 fully saturated rings. The van der Waals surface area contributed by atoms with Crippen LogP contribution in [0.5, 0.6) is 11.5 Å². The Labute approximate surface area is 184 Å². The zero-order chi connectivity index (χ0) is 23.1. The second-order valence-electron chi connectivity index (χ2n) is 6.71. The van der Waals surface area contributed by atoms with E-state index >= 15 is 0 Å². The molecular formula is C25H19FN2O4. The van der Waals surface area contributed by atoms with E-state index in [1.807, 2.05) is 6.07 Å². The monoisotopic (exact) mass is 430 g/mol. The fourth-order valence-corrected chi connectivity index (χ4v) is 2.96. The van der Waals surface area contributed by atoms with Crippen molar-refractivity contribution in [1.82, 2.24) is 0 Å². The third-order valence-electron chi connectivity index (χ3n) is 4.40. The molecule has 0 atom stereocenters. The number of hydrogen-bond acceptors (Lipinski definition) is 5. The van der Waals surface area contributed by atoms with Crippen molar-refractivity contribution in [2.45, 2.75) is 6.92 Å². The molecule has 0 radical (unpaired) electrons. The molecule has 0 aliphatic carbocycles. The van der Waals surface area contributed by atoms with E-state index < -0.39 is 11.8 Å². The van der Waals surface area contributed by atoms with E-state index in [2.05, 4.69) is 5.32 Å². The molecule has 3 aromatic rings. The van der Waals surface area contributed by atoms with Gasteiger partial charge in [0.25, 0.3) is 0 Å². The molecule has 0 bridgehead atoms. The van der Waals surface area contributed by atoms with Gasteiger partial charge in [-0.1, -0.05) is 30.3 Å². The Morgan fingerprint density at radius 2 is 1.81 bits per heavy atom. The molecule has 0 unspecified atom stereocenters. The summed E-state index contributed by atoms with van der Waals surface area (Å²) in [6.07, 6.45) is 1.52. The van der Waals surface area contributed by atoms with E-state index in [0.717, 1.165) is 0 Å². The highest BCUT2D eigenvalue weighted by Gasteiger charge is 2.14. The lowest BCUT2D eigenvalue weighted by Gasteiger charge is -2.11. The standard InChI is InChI=1S/C25H19FN2O4/c1-16(29)28-20-7-5-6-18(14-20)25(30)32-23-11-10-17(13-24(23)31-2)12-19(15-27)21-8-3-4-9-22(21)26/h3-14H,1-2H3,(H,28,29)/b19-12-. The Morgan fingerprint density at radius 3 is 2.50 bits per heavy atom. The van der Waals surface area contributed by atoms with Gasteiger partial charge in [-0.15, -0.1) is 0 Å². The molecule has 7 heteroatoms. The SMILES string of the molecule is COc1cc(/C=C(/C#N)c2ccccc2F)ccc1OC(=O)c1cccc(NC(C)=O)c1. The summed E-state index contributed by atoms with van der Waals surface area (Å²) < 4.78 is 24.8. The maximum Gasteiger partial charge on any atom is 0.343 e. The van der Waals surface area contributed by atoms with Crippen molar-refractivity contribution in [2.24, 2.45) is 0 Å². The van der Waals surface area contributed by atoms with E-state index in [9.17, 15) is 19.2 Å². The summed E-state index contributed by atoms with van der Waals surface area (Å²) in [5.74, 6) is -0.963. The average molecular weight is 430 g/mol. The smallest absolute Gasteiger partial charge is 0.343 e. The Bertz CT molecular complexity index is 1240. The maximum absolute atomic E-state index is 14.0. The minimum atomic E-state index is -0.636. The van der Waals surface area contributed by atoms with Gasteiger partial charge in [-0.3, -0.25) is 4.79 Å². The molecule has 1 N–H and O–H groups in total. The molecule has 32 heavy (non-hydrogen) atoms. The third-order valence-corrected chi connectivity index (χ3v) is 4.40. The van der Waals surface area contributed by atoms with Gasteiger partial charge in [0, 0.05) is 18.2 Å². The summed E-state index contributed by atoms with van der Waals surface area (Å²) in [5, 5.41) is 12.1. The average Bonchev–Trinajstić information content (AvgIpc) is 2.78. The van der Waals surface area contributed by atoms with Crippen LogP contribution in [0.25, 0.3) is 11.6 Å². The Balaban J connectivity index is 1.86. The van der Waals surface area contributed by atoms with E-state index in [0.29, 0.717) is 11.3 Å². The first-order valence-electron chi connectivity index (χ1n) is 9.56. The molecule has 0 spiro atoms. The first kappa shape index (κ1) is 22.2. The number of esters is 1. The molecule has 0 aliphatic rings. The summed E-state index contributed by atoms with van der Waals surface area (Å²) in [4.78, 5) is 23.8. The molecule has 0 saturated heterocycles. The van der Waals surface area contributed by atoms with Crippen LogP contribution in [0.1, 0.15) is 28.4 Å². The van der Waals surface area contributed by atoms with Crippen LogP contribution in [0.3, 0.4) is 0 Å². The van der Waals surface area contributed by atoms with Crippen molar-refractivity contribution in [2.75, 3.05) is 12.4 Å². The summed E-state index contributed by atoms with van der Waals surface area (Å²) in [6.45, 7) is 1.37. The number of anilines is 1. The molecule has 6 nitrogen and oxygen atoms in total. The van der Waals surface area contributed by atoms with Crippen LogP contribution in [-0.2, 0) is 4.79 Å². The Morgan fingerprint density at radius 1 is 1.03 bits per heavy atom. The van der Waals surface area contributed by atoms with Gasteiger partial charge in [-0.25, -0.2) is 9.18 Å². The van der Waals surface area contributed by atoms with Gasteiger partial charge in [0.05, 0.1) is 24.3 Å². The number of allylic oxidation sites excluding steroid dienone is 1. The number of carbonyl (C=O) groups excluding carboxylic acids is 2. The van der Waals surface area contributed by atoms with Gasteiger partial charge in [0.15, 0.2) is 11.5 Å². The van der Waals surface area contributed by atoms with Crippen molar-refractivity contribution in [1.29, 1.82) is 5.26 Å². The molecule has 1 amide bonds. The molecule has 0 saturated carbocycles. The largest absolute Gasteiger partial charge is 0.493 e. The van der Waals surface area contributed by atoms with Crippen molar-refractivity contribution in [3.63, 3.8) is 0 Å². The first-order chi connectivity index (χ1) is 15.4. The number of nitriles is 1. The van der Waals surface area contributed by atoms with Gasteiger partial charge < -0.3 is 14.8 Å². The molecule has 160 valence electrons. The predicted molar refractivity (Wildman–Crippen MR) is 119 cm³/mol. The number of methoxy groups -OCH3 is 1. The highest BCUT2D eigenvalue weighted by atomic mass is 19.1. The lowest BCUT2D eigenvalue weighted by Crippen LogP contribution is -2.11. The lowest BCUT2D eigenvalue weighted by molar-refractivity contribution is -0.114. The van der Waals surface area contributed by atoms with Crippen LogP contribution in [-0.4, -0.2) is 19.0 Å². The molecule has 3 rings (SSSR count). The molecule has 3 aromatic carbocycles. The van der Waals surface area contributed by atoms with E-state index in [1.165, 1.54) is 44.4 Å². The van der Waals surface area contributed by atoms with E-state index in [-0.39, 0.29) is 34.1 Å². The number of nitrogens with zero attached hydrogens (tertiary/aromatic N) is 1. The van der Waals surface area contributed by atoms with Gasteiger partial charge in [0.2, 0.25) is 5.91 Å². The van der Waals surface area contributed by atoms with Gasteiger partial charge in [0.1, 0.15) is 5.82 Å². The highest BCUT2D eigenvalue weighted by Crippen LogP contribution is 2.31. The van der Waals surface area contributed by atoms with Crippen LogP contribution in [0, 0.1) is 17.1 Å². The number of nitrogens with one attached hydrogen (secondary N) is 1. The van der Waals surface area contributed by atoms with Crippen molar-refractivity contribution in [3.8, 4) is 17.6 Å². The quantitative estimate of drug-likeness (QED) is 0.255. The summed E-state index contributed by atoms with van der Waals surface area (Å²) in [5.41, 5.74) is 1.60. The minimum absolute atomic E-state index is 0.143. The first-order valence-corrected chi connectivity index (χ1v) is 9.56. The number of hydrogen-bond donors (Lipinski definition) is 1. The number of rotatable bonds is 6. The van der Waals surface area contributed by atoms with Crippen LogP contribution < -0.4 is 14.8 Å². The van der Waals surface area contributed by atoms with Crippen molar-refractivity contribution < 1.29 is 23.5 Å². The van der Waals surface area contributed by atoms with Gasteiger partial charge in [-0.05, 0) is 48.0 Å². The zero-order valence-electron chi connectivity index (χ0n) is 17.4. The summed E-state index contributed by atoms with van der Waals surface area (Å²) in [7, 11) is 1.42. The number of carbonyl (C=O) groups is 2. The lowest BCUT2D eigenvalue weighted by atomic mass is 10.0. The Hall–Kier alpha value is -4.44. The second kappa shape index (κ2) is 10.0. The van der Waals surface area contributed by atoms with E-state index in [1.54, 1.807) is 42.5 Å². The van der Waals surface area contributed by atoms with Gasteiger partial charge >= 0.3 is 5.97 Å². The van der Waals surface area contributed by atoms with E-state index in [4.69, 9.17) is 9.47 Å². The predicted octanol–water partition coefficient (Wildman–Crippen LogP) is 5.08. The van der Waals surface area contributed by atoms with Crippen LogP contribution in [0.15, 0.2) is 66.7 Å². The molecule has 0 aromatic heterocycles. The van der Waals surface area contributed by atoms with Crippen LogP contribution in [0.2, 0.25) is 0 Å². The summed E-state index contributed by atoms with van der Waals surface area (Å²) >= 11 is 0. The van der Waals surface area contributed by atoms with Crippen LogP contribution >= 0.6 is 0 Å². The highest BCUT2D eigenvalue weighted by molar-refractivity contribution is 5.95. The number of amides is 1. The Kier molecular flexibility index (Phi) is 6.99. The van der Waals surface area contributed by atoms with Gasteiger partial charge in [-0.2, -0.15) is 5.26 Å². The number of halogens is 1. The minimum Gasteiger partial charge on any atom is -0.493 e. The fourth-order valence-electron chi connectivity index (χ4n) is 2.96. The van der Waals surface area contributed by atoms with Crippen molar-refractivity contribution >= 4 is 29.2 Å². The molecule has 0 aliphatic heterocycles. The number of benzene rings is 3. The van der Waals surface area contributed by atoms with Crippen LogP contribution in [0.4, 0.5) is 10.1 Å². The second-order valence-corrected chi connectivity index (χ2v) is 6.71. The normalized spacial score (nSPS) is 10.8.